The van der Waals surface area contributed by atoms with Gasteiger partial charge in [-0.15, -0.1) is 11.3 Å². The molecule has 0 saturated carbocycles. The summed E-state index contributed by atoms with van der Waals surface area (Å²) in [7, 11) is 0. The summed E-state index contributed by atoms with van der Waals surface area (Å²) in [5, 5.41) is 7.55. The van der Waals surface area contributed by atoms with Crippen molar-refractivity contribution in [3.63, 3.8) is 0 Å². The van der Waals surface area contributed by atoms with Gasteiger partial charge in [0.15, 0.2) is 5.11 Å². The van der Waals surface area contributed by atoms with Crippen molar-refractivity contribution in [2.45, 2.75) is 26.2 Å². The molecule has 0 spiro atoms. The maximum atomic E-state index is 12.3. The molecule has 0 amide bonds. The van der Waals surface area contributed by atoms with Crippen molar-refractivity contribution in [1.82, 2.24) is 0 Å². The Kier molecular flexibility index (Phi) is 4.93. The number of para-hydroxylation sites is 1. The zero-order valence-electron chi connectivity index (χ0n) is 12.8. The highest BCUT2D eigenvalue weighted by Crippen LogP contribution is 2.39. The number of anilines is 2. The highest BCUT2D eigenvalue weighted by molar-refractivity contribution is 7.80. The molecule has 0 bridgehead atoms. The number of thiocarbonyl (C=S) groups is 1. The van der Waals surface area contributed by atoms with Gasteiger partial charge in [-0.2, -0.15) is 0 Å². The Morgan fingerprint density at radius 3 is 2.78 bits per heavy atom. The fourth-order valence-electron chi connectivity index (χ4n) is 2.70. The van der Waals surface area contributed by atoms with Gasteiger partial charge in [0.25, 0.3) is 0 Å². The zero-order chi connectivity index (χ0) is 16.2. The first-order chi connectivity index (χ1) is 11.2. The molecule has 23 heavy (non-hydrogen) atoms. The SMILES string of the molecule is CCOC(=O)c1c(NC(=S)Nc2ccccc2)sc2c1CCC2. The highest BCUT2D eigenvalue weighted by Gasteiger charge is 2.27. The van der Waals surface area contributed by atoms with E-state index in [9.17, 15) is 4.79 Å². The van der Waals surface area contributed by atoms with E-state index in [-0.39, 0.29) is 5.97 Å². The lowest BCUT2D eigenvalue weighted by atomic mass is 10.1. The van der Waals surface area contributed by atoms with E-state index >= 15 is 0 Å². The predicted molar refractivity (Wildman–Crippen MR) is 98.6 cm³/mol. The minimum atomic E-state index is -0.267. The molecular formula is C17H18N2O2S2. The highest BCUT2D eigenvalue weighted by atomic mass is 32.1. The van der Waals surface area contributed by atoms with Crippen LogP contribution in [-0.2, 0) is 17.6 Å². The number of hydrogen-bond acceptors (Lipinski definition) is 4. The van der Waals surface area contributed by atoms with Crippen LogP contribution < -0.4 is 10.6 Å². The summed E-state index contributed by atoms with van der Waals surface area (Å²) in [6, 6.07) is 9.71. The van der Waals surface area contributed by atoms with Crippen LogP contribution in [0, 0.1) is 0 Å². The van der Waals surface area contributed by atoms with E-state index in [2.05, 4.69) is 10.6 Å². The lowest BCUT2D eigenvalue weighted by Crippen LogP contribution is -2.20. The number of benzene rings is 1. The summed E-state index contributed by atoms with van der Waals surface area (Å²) in [5.74, 6) is -0.267. The number of thiophene rings is 1. The van der Waals surface area contributed by atoms with Crippen molar-refractivity contribution in [2.75, 3.05) is 17.2 Å². The second-order valence-electron chi connectivity index (χ2n) is 5.23. The second-order valence-corrected chi connectivity index (χ2v) is 6.74. The zero-order valence-corrected chi connectivity index (χ0v) is 14.5. The minimum Gasteiger partial charge on any atom is -0.462 e. The van der Waals surface area contributed by atoms with E-state index in [1.165, 1.54) is 4.88 Å². The van der Waals surface area contributed by atoms with Crippen molar-refractivity contribution in [3.8, 4) is 0 Å². The van der Waals surface area contributed by atoms with Crippen LogP contribution in [0.4, 0.5) is 10.7 Å². The summed E-state index contributed by atoms with van der Waals surface area (Å²) in [4.78, 5) is 13.6. The number of carbonyl (C=O) groups excluding carboxylic acids is 1. The standard InChI is InChI=1S/C17H18N2O2S2/c1-2-21-16(20)14-12-9-6-10-13(12)23-15(14)19-17(22)18-11-7-4-3-5-8-11/h3-5,7-8H,2,6,9-10H2,1H3,(H2,18,19,22). The quantitative estimate of drug-likeness (QED) is 0.641. The predicted octanol–water partition coefficient (Wildman–Crippen LogP) is 4.22. The molecule has 2 aromatic rings. The monoisotopic (exact) mass is 346 g/mol. The van der Waals surface area contributed by atoms with Crippen LogP contribution in [0.3, 0.4) is 0 Å². The summed E-state index contributed by atoms with van der Waals surface area (Å²) in [6.45, 7) is 2.19. The average molecular weight is 346 g/mol. The second kappa shape index (κ2) is 7.10. The van der Waals surface area contributed by atoms with Crippen molar-refractivity contribution in [2.24, 2.45) is 0 Å². The van der Waals surface area contributed by atoms with Gasteiger partial charge in [0.1, 0.15) is 5.00 Å². The lowest BCUT2D eigenvalue weighted by Gasteiger charge is -2.11. The summed E-state index contributed by atoms with van der Waals surface area (Å²) in [5.41, 5.74) is 2.69. The van der Waals surface area contributed by atoms with Crippen LogP contribution in [-0.4, -0.2) is 17.7 Å². The normalized spacial score (nSPS) is 12.6. The van der Waals surface area contributed by atoms with Crippen molar-refractivity contribution < 1.29 is 9.53 Å². The lowest BCUT2D eigenvalue weighted by molar-refractivity contribution is 0.0527. The maximum absolute atomic E-state index is 12.3. The van der Waals surface area contributed by atoms with Gasteiger partial charge in [-0.1, -0.05) is 18.2 Å². The third-order valence-electron chi connectivity index (χ3n) is 3.66. The third-order valence-corrected chi connectivity index (χ3v) is 5.07. The van der Waals surface area contributed by atoms with E-state index < -0.39 is 0 Å². The van der Waals surface area contributed by atoms with Crippen LogP contribution in [0.1, 0.15) is 34.1 Å². The molecule has 4 nitrogen and oxygen atoms in total. The molecule has 1 aliphatic carbocycles. The molecule has 1 aromatic carbocycles. The van der Waals surface area contributed by atoms with Gasteiger partial charge in [-0.25, -0.2) is 4.79 Å². The Hall–Kier alpha value is -1.92. The number of esters is 1. The molecule has 0 radical (unpaired) electrons. The Labute approximate surface area is 144 Å². The molecular weight excluding hydrogens is 328 g/mol. The summed E-state index contributed by atoms with van der Waals surface area (Å²) >= 11 is 6.97. The third kappa shape index (κ3) is 3.54. The van der Waals surface area contributed by atoms with Crippen LogP contribution in [0.15, 0.2) is 30.3 Å². The molecule has 1 aliphatic rings. The number of carbonyl (C=O) groups is 1. The van der Waals surface area contributed by atoms with E-state index in [0.29, 0.717) is 17.3 Å². The number of aryl methyl sites for hydroxylation is 1. The van der Waals surface area contributed by atoms with Gasteiger partial charge < -0.3 is 15.4 Å². The van der Waals surface area contributed by atoms with Crippen molar-refractivity contribution >= 4 is 45.3 Å². The minimum absolute atomic E-state index is 0.267. The number of fused-ring (bicyclic) bond motifs is 1. The number of hydrogen-bond donors (Lipinski definition) is 2. The maximum Gasteiger partial charge on any atom is 0.341 e. The van der Waals surface area contributed by atoms with Gasteiger partial charge in [0.05, 0.1) is 12.2 Å². The topological polar surface area (TPSA) is 50.4 Å². The molecule has 6 heteroatoms. The summed E-state index contributed by atoms with van der Waals surface area (Å²) < 4.78 is 5.22. The smallest absolute Gasteiger partial charge is 0.341 e. The Balaban J connectivity index is 1.80. The largest absolute Gasteiger partial charge is 0.462 e. The molecule has 0 aliphatic heterocycles. The van der Waals surface area contributed by atoms with Crippen LogP contribution >= 0.6 is 23.6 Å². The first-order valence-corrected chi connectivity index (χ1v) is 8.86. The first kappa shape index (κ1) is 16.0. The molecule has 0 saturated heterocycles. The Bertz CT molecular complexity index is 726. The van der Waals surface area contributed by atoms with Gasteiger partial charge in [-0.05, 0) is 56.1 Å². The van der Waals surface area contributed by atoms with Crippen molar-refractivity contribution in [3.05, 3.63) is 46.3 Å². The first-order valence-electron chi connectivity index (χ1n) is 7.63. The van der Waals surface area contributed by atoms with E-state index in [1.807, 2.05) is 37.3 Å². The number of rotatable bonds is 4. The summed E-state index contributed by atoms with van der Waals surface area (Å²) in [6.07, 6.45) is 3.05. The fourth-order valence-corrected chi connectivity index (χ4v) is 4.26. The Morgan fingerprint density at radius 2 is 2.04 bits per heavy atom. The molecule has 1 heterocycles. The molecule has 0 fully saturated rings. The average Bonchev–Trinajstić information content (AvgIpc) is 3.08. The van der Waals surface area contributed by atoms with E-state index in [0.717, 1.165) is 35.5 Å². The molecule has 2 N–H and O–H groups in total. The van der Waals surface area contributed by atoms with Crippen LogP contribution in [0.25, 0.3) is 0 Å². The molecule has 3 rings (SSSR count). The van der Waals surface area contributed by atoms with E-state index in [4.69, 9.17) is 17.0 Å². The Morgan fingerprint density at radius 1 is 1.26 bits per heavy atom. The van der Waals surface area contributed by atoms with E-state index in [1.54, 1.807) is 11.3 Å². The number of ether oxygens (including phenoxy) is 1. The van der Waals surface area contributed by atoms with Gasteiger partial charge >= 0.3 is 5.97 Å². The number of nitrogens with one attached hydrogen (secondary N) is 2. The van der Waals surface area contributed by atoms with Gasteiger partial charge in [0, 0.05) is 10.6 Å². The molecule has 1 aromatic heterocycles. The fraction of sp³-hybridized carbons (Fsp3) is 0.294. The molecule has 0 unspecified atom stereocenters. The van der Waals surface area contributed by atoms with Gasteiger partial charge in [0.2, 0.25) is 0 Å². The van der Waals surface area contributed by atoms with Crippen LogP contribution in [0.2, 0.25) is 0 Å². The van der Waals surface area contributed by atoms with Gasteiger partial charge in [-0.3, -0.25) is 0 Å². The van der Waals surface area contributed by atoms with Crippen molar-refractivity contribution in [1.29, 1.82) is 0 Å². The molecule has 0 atom stereocenters. The van der Waals surface area contributed by atoms with Crippen LogP contribution in [0.5, 0.6) is 0 Å². The molecule has 120 valence electrons.